The standard InChI is InChI=1S/C17H17ClFNO2S/c18-15-8-6-14(7-9-15)16-11-20(12-17(16)23(19,21)22)10-13-4-2-1-3-5-13/h1-9,16-17H,10-12H2/t16-,17+/m1/s1. The molecule has 6 heteroatoms. The Balaban J connectivity index is 1.84. The fourth-order valence-corrected chi connectivity index (χ4v) is 4.29. The van der Waals surface area contributed by atoms with Crippen molar-refractivity contribution in [1.29, 1.82) is 0 Å². The molecule has 3 rings (SSSR count). The van der Waals surface area contributed by atoms with Crippen LogP contribution in [-0.4, -0.2) is 31.7 Å². The molecular weight excluding hydrogens is 337 g/mol. The molecule has 0 amide bonds. The number of halogens is 2. The molecule has 1 aliphatic rings. The summed E-state index contributed by atoms with van der Waals surface area (Å²) in [6.07, 6.45) is 0. The van der Waals surface area contributed by atoms with Gasteiger partial charge in [0.15, 0.2) is 0 Å². The van der Waals surface area contributed by atoms with Crippen LogP contribution < -0.4 is 0 Å². The Morgan fingerprint density at radius 1 is 1.04 bits per heavy atom. The van der Waals surface area contributed by atoms with Gasteiger partial charge < -0.3 is 0 Å². The molecule has 2 aromatic carbocycles. The van der Waals surface area contributed by atoms with E-state index in [4.69, 9.17) is 11.6 Å². The van der Waals surface area contributed by atoms with Gasteiger partial charge in [-0.2, -0.15) is 8.42 Å². The maximum Gasteiger partial charge on any atom is 0.307 e. The highest BCUT2D eigenvalue weighted by molar-refractivity contribution is 7.87. The maximum absolute atomic E-state index is 13.7. The van der Waals surface area contributed by atoms with Crippen molar-refractivity contribution in [2.75, 3.05) is 13.1 Å². The minimum Gasteiger partial charge on any atom is -0.297 e. The third-order valence-corrected chi connectivity index (χ3v) is 5.70. The molecule has 2 aromatic rings. The molecule has 0 spiro atoms. The van der Waals surface area contributed by atoms with Gasteiger partial charge in [0, 0.05) is 30.6 Å². The van der Waals surface area contributed by atoms with Crippen LogP contribution in [0.15, 0.2) is 54.6 Å². The monoisotopic (exact) mass is 353 g/mol. The summed E-state index contributed by atoms with van der Waals surface area (Å²) in [4.78, 5) is 1.98. The summed E-state index contributed by atoms with van der Waals surface area (Å²) in [7, 11) is -4.61. The average Bonchev–Trinajstić information content (AvgIpc) is 2.93. The zero-order valence-electron chi connectivity index (χ0n) is 12.4. The van der Waals surface area contributed by atoms with Gasteiger partial charge in [0.1, 0.15) is 5.25 Å². The number of hydrogen-bond acceptors (Lipinski definition) is 3. The fourth-order valence-electron chi connectivity index (χ4n) is 3.14. The zero-order chi connectivity index (χ0) is 16.4. The second-order valence-corrected chi connectivity index (χ2v) is 7.84. The van der Waals surface area contributed by atoms with E-state index in [1.54, 1.807) is 24.3 Å². The van der Waals surface area contributed by atoms with E-state index < -0.39 is 15.5 Å². The topological polar surface area (TPSA) is 37.4 Å². The molecule has 1 aliphatic heterocycles. The van der Waals surface area contributed by atoms with Crippen molar-refractivity contribution in [2.45, 2.75) is 17.7 Å². The number of likely N-dealkylation sites (tertiary alicyclic amines) is 1. The minimum absolute atomic E-state index is 0.195. The first-order chi connectivity index (χ1) is 10.9. The molecule has 0 N–H and O–H groups in total. The Kier molecular flexibility index (Phi) is 4.71. The Morgan fingerprint density at radius 2 is 1.70 bits per heavy atom. The van der Waals surface area contributed by atoms with Gasteiger partial charge in [0.25, 0.3) is 0 Å². The summed E-state index contributed by atoms with van der Waals surface area (Å²) in [5.74, 6) is -0.383. The summed E-state index contributed by atoms with van der Waals surface area (Å²) in [5, 5.41) is -0.458. The van der Waals surface area contributed by atoms with Crippen molar-refractivity contribution < 1.29 is 12.3 Å². The van der Waals surface area contributed by atoms with Crippen LogP contribution in [0.4, 0.5) is 3.89 Å². The van der Waals surface area contributed by atoms with E-state index >= 15 is 0 Å². The predicted octanol–water partition coefficient (Wildman–Crippen LogP) is 3.61. The Hall–Kier alpha value is -1.43. The van der Waals surface area contributed by atoms with Crippen molar-refractivity contribution in [3.63, 3.8) is 0 Å². The summed E-state index contributed by atoms with van der Waals surface area (Å²) in [5.41, 5.74) is 1.88. The summed E-state index contributed by atoms with van der Waals surface area (Å²) >= 11 is 5.88. The Morgan fingerprint density at radius 3 is 2.30 bits per heavy atom. The highest BCUT2D eigenvalue weighted by Crippen LogP contribution is 2.34. The molecule has 1 fully saturated rings. The quantitative estimate of drug-likeness (QED) is 0.788. The van der Waals surface area contributed by atoms with Crippen molar-refractivity contribution in [2.24, 2.45) is 0 Å². The molecule has 0 radical (unpaired) electrons. The van der Waals surface area contributed by atoms with E-state index in [1.165, 1.54) is 0 Å². The third-order valence-electron chi connectivity index (χ3n) is 4.25. The smallest absolute Gasteiger partial charge is 0.297 e. The molecule has 0 aliphatic carbocycles. The van der Waals surface area contributed by atoms with Crippen molar-refractivity contribution in [3.05, 3.63) is 70.7 Å². The number of hydrogen-bond donors (Lipinski definition) is 0. The molecular formula is C17H17ClFNO2S. The van der Waals surface area contributed by atoms with Gasteiger partial charge in [-0.15, -0.1) is 3.89 Å². The molecule has 122 valence electrons. The lowest BCUT2D eigenvalue weighted by molar-refractivity contribution is 0.326. The fraction of sp³-hybridized carbons (Fsp3) is 0.294. The van der Waals surface area contributed by atoms with Gasteiger partial charge in [0.05, 0.1) is 0 Å². The first kappa shape index (κ1) is 16.4. The van der Waals surface area contributed by atoms with E-state index in [2.05, 4.69) is 0 Å². The normalized spacial score (nSPS) is 22.3. The average molecular weight is 354 g/mol. The Labute approximate surface area is 140 Å². The lowest BCUT2D eigenvalue weighted by Crippen LogP contribution is -2.26. The molecule has 23 heavy (non-hydrogen) atoms. The SMILES string of the molecule is O=S(=O)(F)[C@H]1CN(Cc2ccccc2)C[C@@H]1c1ccc(Cl)cc1. The molecule has 0 aromatic heterocycles. The predicted molar refractivity (Wildman–Crippen MR) is 89.7 cm³/mol. The van der Waals surface area contributed by atoms with Crippen LogP contribution in [0.25, 0.3) is 0 Å². The van der Waals surface area contributed by atoms with Crippen LogP contribution in [0.2, 0.25) is 5.02 Å². The lowest BCUT2D eigenvalue weighted by Gasteiger charge is -2.16. The van der Waals surface area contributed by atoms with E-state index in [0.717, 1.165) is 11.1 Å². The number of nitrogens with zero attached hydrogens (tertiary/aromatic N) is 1. The van der Waals surface area contributed by atoms with E-state index in [-0.39, 0.29) is 12.5 Å². The summed E-state index contributed by atoms with van der Waals surface area (Å²) < 4.78 is 36.9. The summed E-state index contributed by atoms with van der Waals surface area (Å²) in [6, 6.07) is 16.7. The highest BCUT2D eigenvalue weighted by atomic mass is 35.5. The minimum atomic E-state index is -4.61. The van der Waals surface area contributed by atoms with Crippen LogP contribution in [-0.2, 0) is 16.8 Å². The number of rotatable bonds is 4. The van der Waals surface area contributed by atoms with Gasteiger partial charge in [-0.05, 0) is 23.3 Å². The van der Waals surface area contributed by atoms with E-state index in [9.17, 15) is 12.3 Å². The van der Waals surface area contributed by atoms with Crippen molar-refractivity contribution >= 4 is 21.8 Å². The second-order valence-electron chi connectivity index (χ2n) is 5.85. The summed E-state index contributed by atoms with van der Waals surface area (Å²) in [6.45, 7) is 1.31. The largest absolute Gasteiger partial charge is 0.307 e. The molecule has 1 saturated heterocycles. The maximum atomic E-state index is 13.7. The van der Waals surface area contributed by atoms with Gasteiger partial charge >= 0.3 is 10.2 Å². The van der Waals surface area contributed by atoms with E-state index in [0.29, 0.717) is 18.1 Å². The molecule has 0 saturated carbocycles. The van der Waals surface area contributed by atoms with Crippen molar-refractivity contribution in [1.82, 2.24) is 4.90 Å². The molecule has 1 heterocycles. The molecule has 3 nitrogen and oxygen atoms in total. The first-order valence-corrected chi connectivity index (χ1v) is 9.21. The molecule has 2 atom stereocenters. The van der Waals surface area contributed by atoms with Crippen LogP contribution in [0.5, 0.6) is 0 Å². The van der Waals surface area contributed by atoms with Crippen LogP contribution >= 0.6 is 11.6 Å². The van der Waals surface area contributed by atoms with Gasteiger partial charge in [-0.1, -0.05) is 54.1 Å². The first-order valence-electron chi connectivity index (χ1n) is 7.39. The molecule has 0 bridgehead atoms. The third kappa shape index (κ3) is 3.91. The van der Waals surface area contributed by atoms with Crippen LogP contribution in [0.1, 0.15) is 17.0 Å². The van der Waals surface area contributed by atoms with Crippen LogP contribution in [0, 0.1) is 0 Å². The Bertz CT molecular complexity index is 765. The zero-order valence-corrected chi connectivity index (χ0v) is 14.0. The van der Waals surface area contributed by atoms with Gasteiger partial charge in [-0.25, -0.2) is 0 Å². The van der Waals surface area contributed by atoms with Crippen molar-refractivity contribution in [3.8, 4) is 0 Å². The molecule has 0 unspecified atom stereocenters. The highest BCUT2D eigenvalue weighted by Gasteiger charge is 2.42. The second kappa shape index (κ2) is 6.59. The number of benzene rings is 2. The van der Waals surface area contributed by atoms with Crippen LogP contribution in [0.3, 0.4) is 0 Å². The van der Waals surface area contributed by atoms with Gasteiger partial charge in [0.2, 0.25) is 0 Å². The van der Waals surface area contributed by atoms with Gasteiger partial charge in [-0.3, -0.25) is 4.90 Å². The van der Waals surface area contributed by atoms with E-state index in [1.807, 2.05) is 35.2 Å². The lowest BCUT2D eigenvalue weighted by atomic mass is 9.98.